The molecule has 0 bridgehead atoms. The van der Waals surface area contributed by atoms with Crippen LogP contribution in [0.4, 0.5) is 0 Å². The largest absolute Gasteiger partial charge is 0.489 e. The monoisotopic (exact) mass is 323 g/mol. The van der Waals surface area contributed by atoms with E-state index in [0.717, 1.165) is 30.0 Å². The molecule has 3 nitrogen and oxygen atoms in total. The molecule has 0 aliphatic carbocycles. The number of carbonyl (C=O) groups is 1. The molecular weight excluding hydrogens is 298 g/mol. The third-order valence-corrected chi connectivity index (χ3v) is 4.51. The molecule has 2 unspecified atom stereocenters. The van der Waals surface area contributed by atoms with E-state index in [1.165, 1.54) is 6.42 Å². The Morgan fingerprint density at radius 2 is 1.62 bits per heavy atom. The van der Waals surface area contributed by atoms with Crippen LogP contribution in [-0.4, -0.2) is 23.9 Å². The first-order valence-corrected chi connectivity index (χ1v) is 8.68. The second kappa shape index (κ2) is 7.52. The minimum Gasteiger partial charge on any atom is -0.489 e. The SMILES string of the molecule is CC1CC(C)CN(C(=O)c2ccc(COc3ccccc3)cc2)C1. The summed E-state index contributed by atoms with van der Waals surface area (Å²) in [5.41, 5.74) is 1.83. The van der Waals surface area contributed by atoms with Gasteiger partial charge in [-0.3, -0.25) is 4.79 Å². The van der Waals surface area contributed by atoms with Crippen LogP contribution in [-0.2, 0) is 6.61 Å². The Bertz CT molecular complexity index is 656. The van der Waals surface area contributed by atoms with Gasteiger partial charge in [0.25, 0.3) is 5.91 Å². The van der Waals surface area contributed by atoms with Crippen LogP contribution in [0.15, 0.2) is 54.6 Å². The highest BCUT2D eigenvalue weighted by Crippen LogP contribution is 2.22. The van der Waals surface area contributed by atoms with E-state index in [4.69, 9.17) is 4.74 Å². The molecule has 0 aromatic heterocycles. The molecule has 2 aromatic carbocycles. The van der Waals surface area contributed by atoms with Crippen LogP contribution in [0.3, 0.4) is 0 Å². The molecule has 1 heterocycles. The molecule has 3 heteroatoms. The first-order valence-electron chi connectivity index (χ1n) is 8.68. The van der Waals surface area contributed by atoms with Gasteiger partial charge in [-0.2, -0.15) is 0 Å². The van der Waals surface area contributed by atoms with E-state index < -0.39 is 0 Å². The van der Waals surface area contributed by atoms with Crippen molar-refractivity contribution in [1.82, 2.24) is 4.90 Å². The minimum absolute atomic E-state index is 0.143. The Labute approximate surface area is 144 Å². The number of hydrogen-bond acceptors (Lipinski definition) is 2. The van der Waals surface area contributed by atoms with Crippen LogP contribution in [0.2, 0.25) is 0 Å². The lowest BCUT2D eigenvalue weighted by molar-refractivity contribution is 0.0623. The lowest BCUT2D eigenvalue weighted by Gasteiger charge is -2.35. The van der Waals surface area contributed by atoms with Crippen molar-refractivity contribution in [1.29, 1.82) is 0 Å². The normalized spacial score (nSPS) is 20.7. The van der Waals surface area contributed by atoms with Gasteiger partial charge in [0.2, 0.25) is 0 Å². The maximum absolute atomic E-state index is 12.7. The summed E-state index contributed by atoms with van der Waals surface area (Å²) >= 11 is 0. The van der Waals surface area contributed by atoms with E-state index in [9.17, 15) is 4.79 Å². The average molecular weight is 323 g/mol. The lowest BCUT2D eigenvalue weighted by Crippen LogP contribution is -2.42. The molecule has 2 atom stereocenters. The zero-order valence-corrected chi connectivity index (χ0v) is 14.4. The second-order valence-electron chi connectivity index (χ2n) is 6.95. The molecule has 3 rings (SSSR count). The standard InChI is InChI=1S/C21H25NO2/c1-16-12-17(2)14-22(13-16)21(23)19-10-8-18(9-11-19)15-24-20-6-4-3-5-7-20/h3-11,16-17H,12-15H2,1-2H3. The first-order chi connectivity index (χ1) is 11.6. The van der Waals surface area contributed by atoms with Crippen molar-refractivity contribution in [2.75, 3.05) is 13.1 Å². The highest BCUT2D eigenvalue weighted by molar-refractivity contribution is 5.94. The Morgan fingerprint density at radius 3 is 2.25 bits per heavy atom. The molecule has 0 saturated carbocycles. The van der Waals surface area contributed by atoms with E-state index in [-0.39, 0.29) is 5.91 Å². The van der Waals surface area contributed by atoms with Gasteiger partial charge in [-0.15, -0.1) is 0 Å². The van der Waals surface area contributed by atoms with Crippen LogP contribution >= 0.6 is 0 Å². The number of piperidine rings is 1. The van der Waals surface area contributed by atoms with Gasteiger partial charge in [-0.1, -0.05) is 44.2 Å². The zero-order valence-electron chi connectivity index (χ0n) is 14.4. The summed E-state index contributed by atoms with van der Waals surface area (Å²) in [7, 11) is 0. The maximum atomic E-state index is 12.7. The van der Waals surface area contributed by atoms with Gasteiger partial charge in [-0.05, 0) is 48.1 Å². The summed E-state index contributed by atoms with van der Waals surface area (Å²) in [6, 6.07) is 17.5. The highest BCUT2D eigenvalue weighted by Gasteiger charge is 2.25. The number of nitrogens with zero attached hydrogens (tertiary/aromatic N) is 1. The predicted octanol–water partition coefficient (Wildman–Crippen LogP) is 4.38. The summed E-state index contributed by atoms with van der Waals surface area (Å²) in [5.74, 6) is 2.16. The molecule has 1 fully saturated rings. The number of rotatable bonds is 4. The van der Waals surface area contributed by atoms with Crippen LogP contribution in [0, 0.1) is 11.8 Å². The molecule has 0 N–H and O–H groups in total. The van der Waals surface area contributed by atoms with Crippen molar-refractivity contribution in [3.05, 3.63) is 65.7 Å². The summed E-state index contributed by atoms with van der Waals surface area (Å²) in [4.78, 5) is 14.7. The quantitative estimate of drug-likeness (QED) is 0.835. The Morgan fingerprint density at radius 1 is 1.00 bits per heavy atom. The van der Waals surface area contributed by atoms with E-state index in [1.54, 1.807) is 0 Å². The van der Waals surface area contributed by atoms with Crippen LogP contribution < -0.4 is 4.74 Å². The van der Waals surface area contributed by atoms with Crippen molar-refractivity contribution < 1.29 is 9.53 Å². The summed E-state index contributed by atoms with van der Waals surface area (Å²) in [6.07, 6.45) is 1.21. The van der Waals surface area contributed by atoms with E-state index in [0.29, 0.717) is 18.4 Å². The fourth-order valence-corrected chi connectivity index (χ4v) is 3.44. The number of hydrogen-bond donors (Lipinski definition) is 0. The summed E-state index contributed by atoms with van der Waals surface area (Å²) < 4.78 is 5.74. The molecule has 0 radical (unpaired) electrons. The minimum atomic E-state index is 0.143. The fourth-order valence-electron chi connectivity index (χ4n) is 3.44. The maximum Gasteiger partial charge on any atom is 0.253 e. The molecule has 2 aromatic rings. The molecule has 0 spiro atoms. The van der Waals surface area contributed by atoms with Gasteiger partial charge < -0.3 is 9.64 Å². The van der Waals surface area contributed by atoms with Gasteiger partial charge >= 0.3 is 0 Å². The van der Waals surface area contributed by atoms with Crippen molar-refractivity contribution in [3.8, 4) is 5.75 Å². The molecule has 24 heavy (non-hydrogen) atoms. The van der Waals surface area contributed by atoms with Crippen molar-refractivity contribution in [2.45, 2.75) is 26.9 Å². The number of likely N-dealkylation sites (tertiary alicyclic amines) is 1. The van der Waals surface area contributed by atoms with E-state index in [1.807, 2.05) is 59.5 Å². The average Bonchev–Trinajstić information content (AvgIpc) is 2.60. The van der Waals surface area contributed by atoms with Crippen molar-refractivity contribution in [2.24, 2.45) is 11.8 Å². The number of amides is 1. The van der Waals surface area contributed by atoms with E-state index in [2.05, 4.69) is 13.8 Å². The van der Waals surface area contributed by atoms with Gasteiger partial charge in [0.05, 0.1) is 0 Å². The lowest BCUT2D eigenvalue weighted by atomic mass is 9.91. The molecule has 126 valence electrons. The fraction of sp³-hybridized carbons (Fsp3) is 0.381. The summed E-state index contributed by atoms with van der Waals surface area (Å²) in [6.45, 7) is 6.68. The highest BCUT2D eigenvalue weighted by atomic mass is 16.5. The second-order valence-corrected chi connectivity index (χ2v) is 6.95. The van der Waals surface area contributed by atoms with Gasteiger partial charge in [0, 0.05) is 18.7 Å². The Hall–Kier alpha value is -2.29. The van der Waals surface area contributed by atoms with Gasteiger partial charge in [0.1, 0.15) is 12.4 Å². The Balaban J connectivity index is 1.60. The van der Waals surface area contributed by atoms with Gasteiger partial charge in [-0.25, -0.2) is 0 Å². The van der Waals surface area contributed by atoms with Crippen LogP contribution in [0.25, 0.3) is 0 Å². The predicted molar refractivity (Wildman–Crippen MR) is 96.1 cm³/mol. The smallest absolute Gasteiger partial charge is 0.253 e. The number of para-hydroxylation sites is 1. The van der Waals surface area contributed by atoms with Crippen LogP contribution in [0.5, 0.6) is 5.75 Å². The number of ether oxygens (including phenoxy) is 1. The molecule has 1 amide bonds. The van der Waals surface area contributed by atoms with Crippen LogP contribution in [0.1, 0.15) is 36.2 Å². The third-order valence-electron chi connectivity index (χ3n) is 4.51. The van der Waals surface area contributed by atoms with Crippen molar-refractivity contribution >= 4 is 5.91 Å². The summed E-state index contributed by atoms with van der Waals surface area (Å²) in [5, 5.41) is 0. The molecule has 1 aliphatic rings. The molecular formula is C21H25NO2. The topological polar surface area (TPSA) is 29.5 Å². The van der Waals surface area contributed by atoms with E-state index >= 15 is 0 Å². The number of carbonyl (C=O) groups excluding carboxylic acids is 1. The molecule has 1 aliphatic heterocycles. The third kappa shape index (κ3) is 4.16. The zero-order chi connectivity index (χ0) is 16.9. The molecule has 1 saturated heterocycles. The number of benzene rings is 2. The Kier molecular flexibility index (Phi) is 5.19. The van der Waals surface area contributed by atoms with Gasteiger partial charge in [0.15, 0.2) is 0 Å². The van der Waals surface area contributed by atoms with Crippen molar-refractivity contribution in [3.63, 3.8) is 0 Å². The first kappa shape index (κ1) is 16.6.